The molecule has 0 atom stereocenters. The number of anilines is 2. The van der Waals surface area contributed by atoms with Crippen molar-refractivity contribution < 1.29 is 19.1 Å². The van der Waals surface area contributed by atoms with Crippen LogP contribution in [0.3, 0.4) is 0 Å². The highest BCUT2D eigenvalue weighted by Crippen LogP contribution is 2.24. The highest BCUT2D eigenvalue weighted by atomic mass is 16.6. The summed E-state index contributed by atoms with van der Waals surface area (Å²) in [7, 11) is 1.39. The van der Waals surface area contributed by atoms with Crippen LogP contribution < -0.4 is 10.2 Å². The van der Waals surface area contributed by atoms with E-state index in [2.05, 4.69) is 21.9 Å². The lowest BCUT2D eigenvalue weighted by Crippen LogP contribution is -2.32. The molecule has 0 radical (unpaired) electrons. The average molecular weight is 320 g/mol. The van der Waals surface area contributed by atoms with E-state index in [-0.39, 0.29) is 19.1 Å². The lowest BCUT2D eigenvalue weighted by atomic mass is 9.99. The number of carbonyl (C=O) groups excluding carboxylic acids is 2. The summed E-state index contributed by atoms with van der Waals surface area (Å²) in [5.41, 5.74) is 1.85. The summed E-state index contributed by atoms with van der Waals surface area (Å²) >= 11 is 0. The molecule has 126 valence electrons. The number of esters is 1. The van der Waals surface area contributed by atoms with Crippen LogP contribution >= 0.6 is 0 Å². The maximum atomic E-state index is 11.7. The van der Waals surface area contributed by atoms with Gasteiger partial charge in [-0.05, 0) is 43.0 Å². The fraction of sp³-hybridized carbons (Fsp3) is 0.529. The van der Waals surface area contributed by atoms with Crippen molar-refractivity contribution in [1.82, 2.24) is 0 Å². The molecular formula is C17H24N2O4. The smallest absolute Gasteiger partial charge is 0.332 e. The molecule has 0 saturated carbocycles. The number of carbonyl (C=O) groups is 2. The van der Waals surface area contributed by atoms with Gasteiger partial charge in [-0.2, -0.15) is 0 Å². The number of amides is 1. The molecule has 0 bridgehead atoms. The van der Waals surface area contributed by atoms with Gasteiger partial charge in [0.15, 0.2) is 6.61 Å². The van der Waals surface area contributed by atoms with E-state index in [4.69, 9.17) is 4.74 Å². The SMILES string of the molecule is COCC(=O)OCC(=O)Nc1ccc(N2CCC(C)CC2)cc1. The number of nitrogens with one attached hydrogen (secondary N) is 1. The Morgan fingerprint density at radius 3 is 2.43 bits per heavy atom. The average Bonchev–Trinajstić information content (AvgIpc) is 2.55. The third kappa shape index (κ3) is 5.56. The summed E-state index contributed by atoms with van der Waals surface area (Å²) in [4.78, 5) is 25.2. The van der Waals surface area contributed by atoms with Gasteiger partial charge >= 0.3 is 5.97 Å². The van der Waals surface area contributed by atoms with Crippen molar-refractivity contribution in [1.29, 1.82) is 0 Å². The van der Waals surface area contributed by atoms with Crippen molar-refractivity contribution in [3.05, 3.63) is 24.3 Å². The zero-order valence-corrected chi connectivity index (χ0v) is 13.7. The Morgan fingerprint density at radius 1 is 1.17 bits per heavy atom. The molecule has 23 heavy (non-hydrogen) atoms. The number of nitrogens with zero attached hydrogens (tertiary/aromatic N) is 1. The second-order valence-corrected chi connectivity index (χ2v) is 5.86. The molecule has 1 heterocycles. The van der Waals surface area contributed by atoms with Gasteiger partial charge in [0.1, 0.15) is 6.61 Å². The summed E-state index contributed by atoms with van der Waals surface area (Å²) < 4.78 is 9.38. The Kier molecular flexibility index (Phi) is 6.40. The van der Waals surface area contributed by atoms with Crippen molar-refractivity contribution in [2.75, 3.05) is 43.6 Å². The summed E-state index contributed by atoms with van der Waals surface area (Å²) in [6.45, 7) is 3.96. The van der Waals surface area contributed by atoms with E-state index in [0.29, 0.717) is 5.69 Å². The van der Waals surface area contributed by atoms with Gasteiger partial charge in [-0.3, -0.25) is 4.79 Å². The lowest BCUT2D eigenvalue weighted by molar-refractivity contribution is -0.150. The minimum absolute atomic E-state index is 0.156. The first kappa shape index (κ1) is 17.3. The number of methoxy groups -OCH3 is 1. The largest absolute Gasteiger partial charge is 0.454 e. The highest BCUT2D eigenvalue weighted by molar-refractivity contribution is 5.93. The van der Waals surface area contributed by atoms with Crippen molar-refractivity contribution >= 4 is 23.3 Å². The maximum absolute atomic E-state index is 11.7. The van der Waals surface area contributed by atoms with E-state index in [1.807, 2.05) is 24.3 Å². The quantitative estimate of drug-likeness (QED) is 0.813. The molecule has 2 rings (SSSR count). The van der Waals surface area contributed by atoms with Crippen molar-refractivity contribution in [2.24, 2.45) is 5.92 Å². The Labute approximate surface area is 136 Å². The molecule has 0 unspecified atom stereocenters. The molecule has 1 aromatic rings. The molecule has 1 amide bonds. The van der Waals surface area contributed by atoms with Crippen molar-refractivity contribution in [2.45, 2.75) is 19.8 Å². The standard InChI is InChI=1S/C17H24N2O4/c1-13-7-9-19(10-8-13)15-5-3-14(4-6-15)18-16(20)11-23-17(21)12-22-2/h3-6,13H,7-12H2,1-2H3,(H,18,20). The molecule has 6 heteroatoms. The molecule has 1 saturated heterocycles. The first-order chi connectivity index (χ1) is 11.1. The number of benzene rings is 1. The zero-order valence-electron chi connectivity index (χ0n) is 13.7. The maximum Gasteiger partial charge on any atom is 0.332 e. The summed E-state index contributed by atoms with van der Waals surface area (Å²) in [5, 5.41) is 2.70. The second-order valence-electron chi connectivity index (χ2n) is 5.86. The topological polar surface area (TPSA) is 67.9 Å². The van der Waals surface area contributed by atoms with Gasteiger partial charge in [0.2, 0.25) is 0 Å². The molecule has 6 nitrogen and oxygen atoms in total. The molecular weight excluding hydrogens is 296 g/mol. The van der Waals surface area contributed by atoms with Gasteiger partial charge in [0, 0.05) is 31.6 Å². The Hall–Kier alpha value is -2.08. The van der Waals surface area contributed by atoms with E-state index in [1.165, 1.54) is 25.6 Å². The predicted molar refractivity (Wildman–Crippen MR) is 88.5 cm³/mol. The number of hydrogen-bond donors (Lipinski definition) is 1. The Balaban J connectivity index is 1.80. The number of ether oxygens (including phenoxy) is 2. The van der Waals surface area contributed by atoms with E-state index < -0.39 is 5.97 Å². The van der Waals surface area contributed by atoms with Crippen LogP contribution in [0.4, 0.5) is 11.4 Å². The van der Waals surface area contributed by atoms with Crippen LogP contribution in [0.2, 0.25) is 0 Å². The Morgan fingerprint density at radius 2 is 1.83 bits per heavy atom. The van der Waals surface area contributed by atoms with Gasteiger partial charge in [-0.1, -0.05) is 6.92 Å². The van der Waals surface area contributed by atoms with Crippen LogP contribution in [0.5, 0.6) is 0 Å². The number of rotatable bonds is 6. The van der Waals surface area contributed by atoms with Crippen LogP contribution in [-0.4, -0.2) is 45.3 Å². The second kappa shape index (κ2) is 8.53. The predicted octanol–water partition coefficient (Wildman–Crippen LogP) is 2.05. The van der Waals surface area contributed by atoms with Gasteiger partial charge in [-0.25, -0.2) is 4.79 Å². The molecule has 1 N–H and O–H groups in total. The van der Waals surface area contributed by atoms with Crippen LogP contribution in [0.15, 0.2) is 24.3 Å². The van der Waals surface area contributed by atoms with Crippen molar-refractivity contribution in [3.8, 4) is 0 Å². The highest BCUT2D eigenvalue weighted by Gasteiger charge is 2.16. The number of piperidine rings is 1. The van der Waals surface area contributed by atoms with E-state index in [1.54, 1.807) is 0 Å². The van der Waals surface area contributed by atoms with E-state index in [0.717, 1.165) is 19.0 Å². The third-order valence-electron chi connectivity index (χ3n) is 3.93. The molecule has 1 aliphatic heterocycles. The van der Waals surface area contributed by atoms with Gasteiger partial charge in [-0.15, -0.1) is 0 Å². The van der Waals surface area contributed by atoms with Crippen molar-refractivity contribution in [3.63, 3.8) is 0 Å². The first-order valence-electron chi connectivity index (χ1n) is 7.88. The van der Waals surface area contributed by atoms with E-state index in [9.17, 15) is 9.59 Å². The van der Waals surface area contributed by atoms with Gasteiger partial charge in [0.05, 0.1) is 0 Å². The zero-order chi connectivity index (χ0) is 16.7. The molecule has 1 aromatic carbocycles. The molecule has 0 aliphatic carbocycles. The van der Waals surface area contributed by atoms with Crippen LogP contribution in [-0.2, 0) is 19.1 Å². The monoisotopic (exact) mass is 320 g/mol. The lowest BCUT2D eigenvalue weighted by Gasteiger charge is -2.32. The molecule has 1 fully saturated rings. The van der Waals surface area contributed by atoms with Crippen LogP contribution in [0, 0.1) is 5.92 Å². The summed E-state index contributed by atoms with van der Waals surface area (Å²) in [5.74, 6) is -0.128. The van der Waals surface area contributed by atoms with Crippen LogP contribution in [0.25, 0.3) is 0 Å². The summed E-state index contributed by atoms with van der Waals surface area (Å²) in [6, 6.07) is 7.73. The minimum atomic E-state index is -0.558. The van der Waals surface area contributed by atoms with Crippen LogP contribution in [0.1, 0.15) is 19.8 Å². The first-order valence-corrected chi connectivity index (χ1v) is 7.88. The minimum Gasteiger partial charge on any atom is -0.454 e. The molecule has 1 aliphatic rings. The third-order valence-corrected chi connectivity index (χ3v) is 3.93. The van der Waals surface area contributed by atoms with Gasteiger partial charge < -0.3 is 19.7 Å². The normalized spacial score (nSPS) is 15.3. The molecule has 0 spiro atoms. The fourth-order valence-electron chi connectivity index (χ4n) is 2.52. The van der Waals surface area contributed by atoms with Gasteiger partial charge in [0.25, 0.3) is 5.91 Å². The Bertz CT molecular complexity index is 522. The fourth-order valence-corrected chi connectivity index (χ4v) is 2.52. The summed E-state index contributed by atoms with van der Waals surface area (Å²) in [6.07, 6.45) is 2.43. The molecule has 0 aromatic heterocycles. The number of hydrogen-bond acceptors (Lipinski definition) is 5. The van der Waals surface area contributed by atoms with E-state index >= 15 is 0 Å².